The molecule has 28 heavy (non-hydrogen) atoms. The third kappa shape index (κ3) is 5.61. The molecule has 3 rings (SSSR count). The minimum absolute atomic E-state index is 0.495. The second kappa shape index (κ2) is 10.7. The Morgan fingerprint density at radius 3 is 2.54 bits per heavy atom. The number of hydrogen-bond acceptors (Lipinski definition) is 4. The van der Waals surface area contributed by atoms with Crippen LogP contribution in [0.2, 0.25) is 0 Å². The van der Waals surface area contributed by atoms with E-state index in [4.69, 9.17) is 0 Å². The lowest BCUT2D eigenvalue weighted by molar-refractivity contribution is 0.197. The second-order valence-corrected chi connectivity index (χ2v) is 7.97. The highest BCUT2D eigenvalue weighted by molar-refractivity contribution is 5.79. The molecule has 0 aromatic heterocycles. The summed E-state index contributed by atoms with van der Waals surface area (Å²) in [5.74, 6) is 0.928. The Hall–Kier alpha value is -1.79. The van der Waals surface area contributed by atoms with Gasteiger partial charge in [0, 0.05) is 64.1 Å². The molecule has 0 spiro atoms. The van der Waals surface area contributed by atoms with E-state index >= 15 is 0 Å². The molecule has 0 bridgehead atoms. The maximum absolute atomic E-state index is 4.42. The van der Waals surface area contributed by atoms with E-state index in [0.29, 0.717) is 12.1 Å². The summed E-state index contributed by atoms with van der Waals surface area (Å²) in [6, 6.07) is 11.9. The van der Waals surface area contributed by atoms with Crippen LogP contribution in [0.4, 0.5) is 5.69 Å². The Morgan fingerprint density at radius 1 is 1.11 bits per heavy atom. The summed E-state index contributed by atoms with van der Waals surface area (Å²) in [7, 11) is 1.87. The van der Waals surface area contributed by atoms with Crippen molar-refractivity contribution in [2.24, 2.45) is 4.99 Å². The SMILES string of the molecule is CCN1CCCC1CNC(=NC)NCC(C)N1CCN(c2ccccc2)CC1. The van der Waals surface area contributed by atoms with E-state index in [9.17, 15) is 0 Å². The predicted octanol–water partition coefficient (Wildman–Crippen LogP) is 1.85. The van der Waals surface area contributed by atoms with E-state index in [1.54, 1.807) is 0 Å². The fourth-order valence-corrected chi connectivity index (χ4v) is 4.41. The van der Waals surface area contributed by atoms with Crippen molar-refractivity contribution in [3.8, 4) is 0 Å². The number of rotatable bonds is 7. The molecule has 0 amide bonds. The molecule has 2 N–H and O–H groups in total. The van der Waals surface area contributed by atoms with Crippen molar-refractivity contribution < 1.29 is 0 Å². The van der Waals surface area contributed by atoms with E-state index in [-0.39, 0.29) is 0 Å². The van der Waals surface area contributed by atoms with Gasteiger partial charge >= 0.3 is 0 Å². The largest absolute Gasteiger partial charge is 0.369 e. The Bertz CT molecular complexity index is 596. The van der Waals surface area contributed by atoms with Crippen LogP contribution in [0.25, 0.3) is 0 Å². The van der Waals surface area contributed by atoms with E-state index in [0.717, 1.165) is 51.8 Å². The van der Waals surface area contributed by atoms with Gasteiger partial charge in [0.2, 0.25) is 0 Å². The molecule has 2 fully saturated rings. The molecule has 2 unspecified atom stereocenters. The van der Waals surface area contributed by atoms with Gasteiger partial charge < -0.3 is 15.5 Å². The standard InChI is InChI=1S/C22H38N6/c1-4-26-12-8-11-21(26)18-25-22(23-3)24-17-19(2)27-13-15-28(16-14-27)20-9-6-5-7-10-20/h5-7,9-10,19,21H,4,8,11-18H2,1-3H3,(H2,23,24,25). The predicted molar refractivity (Wildman–Crippen MR) is 119 cm³/mol. The molecule has 6 nitrogen and oxygen atoms in total. The molecule has 0 saturated carbocycles. The summed E-state index contributed by atoms with van der Waals surface area (Å²) in [6.45, 7) is 13.3. The van der Waals surface area contributed by atoms with Crippen LogP contribution in [0, 0.1) is 0 Å². The molecule has 6 heteroatoms. The minimum atomic E-state index is 0.495. The van der Waals surface area contributed by atoms with Crippen molar-refractivity contribution in [3.63, 3.8) is 0 Å². The molecular weight excluding hydrogens is 348 g/mol. The molecular formula is C22H38N6. The van der Waals surface area contributed by atoms with Crippen molar-refractivity contribution in [1.82, 2.24) is 20.4 Å². The summed E-state index contributed by atoms with van der Waals surface area (Å²) in [5, 5.41) is 7.06. The van der Waals surface area contributed by atoms with Crippen molar-refractivity contribution in [2.75, 3.05) is 64.3 Å². The molecule has 2 aliphatic rings. The van der Waals surface area contributed by atoms with Crippen LogP contribution in [0.3, 0.4) is 0 Å². The normalized spacial score (nSPS) is 23.0. The number of nitrogens with one attached hydrogen (secondary N) is 2. The summed E-state index contributed by atoms with van der Waals surface area (Å²) >= 11 is 0. The van der Waals surface area contributed by atoms with Gasteiger partial charge in [-0.1, -0.05) is 25.1 Å². The van der Waals surface area contributed by atoms with Gasteiger partial charge in [0.15, 0.2) is 5.96 Å². The van der Waals surface area contributed by atoms with Gasteiger partial charge in [-0.15, -0.1) is 0 Å². The Morgan fingerprint density at radius 2 is 1.86 bits per heavy atom. The van der Waals surface area contributed by atoms with Gasteiger partial charge in [0.1, 0.15) is 0 Å². The van der Waals surface area contributed by atoms with Crippen LogP contribution in [0.5, 0.6) is 0 Å². The monoisotopic (exact) mass is 386 g/mol. The number of piperazine rings is 1. The maximum Gasteiger partial charge on any atom is 0.191 e. The minimum Gasteiger partial charge on any atom is -0.369 e. The highest BCUT2D eigenvalue weighted by Gasteiger charge is 2.23. The van der Waals surface area contributed by atoms with Gasteiger partial charge in [0.25, 0.3) is 0 Å². The fourth-order valence-electron chi connectivity index (χ4n) is 4.41. The van der Waals surface area contributed by atoms with Crippen molar-refractivity contribution in [2.45, 2.75) is 38.8 Å². The van der Waals surface area contributed by atoms with Crippen LogP contribution in [0.15, 0.2) is 35.3 Å². The summed E-state index contributed by atoms with van der Waals surface area (Å²) in [5.41, 5.74) is 1.34. The van der Waals surface area contributed by atoms with Gasteiger partial charge in [-0.05, 0) is 45.0 Å². The van der Waals surface area contributed by atoms with Crippen LogP contribution < -0.4 is 15.5 Å². The van der Waals surface area contributed by atoms with Crippen molar-refractivity contribution in [3.05, 3.63) is 30.3 Å². The number of guanidine groups is 1. The topological polar surface area (TPSA) is 46.1 Å². The first kappa shape index (κ1) is 20.9. The number of likely N-dealkylation sites (tertiary alicyclic amines) is 1. The third-order valence-corrected chi connectivity index (χ3v) is 6.26. The first-order valence-corrected chi connectivity index (χ1v) is 10.9. The van der Waals surface area contributed by atoms with E-state index < -0.39 is 0 Å². The van der Waals surface area contributed by atoms with Gasteiger partial charge in [0.05, 0.1) is 0 Å². The smallest absolute Gasteiger partial charge is 0.191 e. The van der Waals surface area contributed by atoms with Crippen LogP contribution in [-0.4, -0.2) is 87.2 Å². The molecule has 1 aromatic carbocycles. The summed E-state index contributed by atoms with van der Waals surface area (Å²) in [6.07, 6.45) is 2.61. The Labute approximate surface area is 171 Å². The fraction of sp³-hybridized carbons (Fsp3) is 0.682. The Kier molecular flexibility index (Phi) is 7.98. The number of anilines is 1. The van der Waals surface area contributed by atoms with Crippen LogP contribution >= 0.6 is 0 Å². The lowest BCUT2D eigenvalue weighted by Crippen LogP contribution is -2.53. The number of hydrogen-bond donors (Lipinski definition) is 2. The number of para-hydroxylation sites is 1. The lowest BCUT2D eigenvalue weighted by atomic mass is 10.2. The zero-order chi connectivity index (χ0) is 19.8. The average Bonchev–Trinajstić information content (AvgIpc) is 3.22. The number of aliphatic imine (C=N–C) groups is 1. The average molecular weight is 387 g/mol. The first-order valence-electron chi connectivity index (χ1n) is 10.9. The molecule has 2 atom stereocenters. The molecule has 1 aromatic rings. The van der Waals surface area contributed by atoms with Crippen molar-refractivity contribution in [1.29, 1.82) is 0 Å². The third-order valence-electron chi connectivity index (χ3n) is 6.26. The zero-order valence-corrected chi connectivity index (χ0v) is 17.9. The van der Waals surface area contributed by atoms with Crippen LogP contribution in [-0.2, 0) is 0 Å². The summed E-state index contributed by atoms with van der Waals surface area (Å²) < 4.78 is 0. The Balaban J connectivity index is 1.38. The molecule has 156 valence electrons. The van der Waals surface area contributed by atoms with Crippen molar-refractivity contribution >= 4 is 11.6 Å². The van der Waals surface area contributed by atoms with Gasteiger partial charge in [-0.25, -0.2) is 0 Å². The lowest BCUT2D eigenvalue weighted by Gasteiger charge is -2.39. The van der Waals surface area contributed by atoms with Gasteiger partial charge in [-0.2, -0.15) is 0 Å². The van der Waals surface area contributed by atoms with E-state index in [1.807, 2.05) is 7.05 Å². The van der Waals surface area contributed by atoms with E-state index in [1.165, 1.54) is 25.1 Å². The van der Waals surface area contributed by atoms with Crippen LogP contribution in [0.1, 0.15) is 26.7 Å². The number of nitrogens with zero attached hydrogens (tertiary/aromatic N) is 4. The zero-order valence-electron chi connectivity index (χ0n) is 17.9. The highest BCUT2D eigenvalue weighted by Crippen LogP contribution is 2.17. The molecule has 2 saturated heterocycles. The molecule has 0 aliphatic carbocycles. The van der Waals surface area contributed by atoms with E-state index in [2.05, 4.69) is 74.5 Å². The molecule has 0 radical (unpaired) electrons. The number of benzene rings is 1. The highest BCUT2D eigenvalue weighted by atomic mass is 15.3. The maximum atomic E-state index is 4.42. The quantitative estimate of drug-likeness (QED) is 0.553. The van der Waals surface area contributed by atoms with Gasteiger partial charge in [-0.3, -0.25) is 14.8 Å². The second-order valence-electron chi connectivity index (χ2n) is 7.97. The summed E-state index contributed by atoms with van der Waals surface area (Å²) in [4.78, 5) is 12.0. The number of likely N-dealkylation sites (N-methyl/N-ethyl adjacent to an activating group) is 1. The molecule has 2 aliphatic heterocycles. The molecule has 2 heterocycles. The first-order chi connectivity index (χ1) is 13.7.